The molecule has 20 heavy (non-hydrogen) atoms. The van der Waals surface area contributed by atoms with Crippen LogP contribution in [0, 0.1) is 0 Å². The number of para-hydroxylation sites is 1. The molecule has 3 nitrogen and oxygen atoms in total. The molecule has 4 heteroatoms. The zero-order valence-electron chi connectivity index (χ0n) is 11.4. The molecule has 0 aliphatic carbocycles. The maximum Gasteiger partial charge on any atom is 0.0705 e. The molecule has 106 valence electrons. The Morgan fingerprint density at radius 3 is 2.80 bits per heavy atom. The first kappa shape index (κ1) is 13.8. The predicted molar refractivity (Wildman–Crippen MR) is 82.1 cm³/mol. The Balaban J connectivity index is 1.79. The Kier molecular flexibility index (Phi) is 4.20. The fourth-order valence-corrected chi connectivity index (χ4v) is 3.07. The molecule has 1 aliphatic rings. The molecule has 1 N–H and O–H groups in total. The quantitative estimate of drug-likeness (QED) is 0.879. The first-order chi connectivity index (χ1) is 9.83. The lowest BCUT2D eigenvalue weighted by atomic mass is 9.92. The molecule has 1 saturated heterocycles. The van der Waals surface area contributed by atoms with Crippen LogP contribution in [0.4, 0.5) is 0 Å². The molecular weight excluding hydrogens is 272 g/mol. The SMILES string of the molecule is ClCC1(NCc2ccnc3ccccc23)CCOCC1. The molecule has 0 saturated carbocycles. The van der Waals surface area contributed by atoms with Crippen molar-refractivity contribution < 1.29 is 4.74 Å². The van der Waals surface area contributed by atoms with Crippen LogP contribution < -0.4 is 5.32 Å². The highest BCUT2D eigenvalue weighted by Crippen LogP contribution is 2.24. The molecule has 0 unspecified atom stereocenters. The third-order valence-electron chi connectivity index (χ3n) is 4.10. The number of pyridine rings is 1. The summed E-state index contributed by atoms with van der Waals surface area (Å²) in [6, 6.07) is 10.3. The van der Waals surface area contributed by atoms with Gasteiger partial charge in [0.2, 0.25) is 0 Å². The Bertz CT molecular complexity index is 576. The molecular formula is C16H19ClN2O. The number of halogens is 1. The van der Waals surface area contributed by atoms with E-state index in [0.717, 1.165) is 38.1 Å². The minimum atomic E-state index is 0.00415. The molecule has 1 aromatic carbocycles. The Morgan fingerprint density at radius 1 is 1.20 bits per heavy atom. The first-order valence-electron chi connectivity index (χ1n) is 7.04. The summed E-state index contributed by atoms with van der Waals surface area (Å²) >= 11 is 6.19. The number of aromatic nitrogens is 1. The van der Waals surface area contributed by atoms with Gasteiger partial charge < -0.3 is 10.1 Å². The summed E-state index contributed by atoms with van der Waals surface area (Å²) in [7, 11) is 0. The maximum atomic E-state index is 6.19. The summed E-state index contributed by atoms with van der Waals surface area (Å²) in [5.41, 5.74) is 2.31. The van der Waals surface area contributed by atoms with Crippen LogP contribution in [0.3, 0.4) is 0 Å². The van der Waals surface area contributed by atoms with E-state index in [1.54, 1.807) is 0 Å². The monoisotopic (exact) mass is 290 g/mol. The molecule has 0 amide bonds. The normalized spacial score (nSPS) is 18.2. The molecule has 0 bridgehead atoms. The van der Waals surface area contributed by atoms with Crippen LogP contribution in [0.2, 0.25) is 0 Å². The van der Waals surface area contributed by atoms with E-state index in [-0.39, 0.29) is 5.54 Å². The minimum absolute atomic E-state index is 0.00415. The fraction of sp³-hybridized carbons (Fsp3) is 0.438. The lowest BCUT2D eigenvalue weighted by molar-refractivity contribution is 0.0459. The minimum Gasteiger partial charge on any atom is -0.381 e. The van der Waals surface area contributed by atoms with Crippen molar-refractivity contribution in [3.63, 3.8) is 0 Å². The van der Waals surface area contributed by atoms with Crippen LogP contribution in [-0.4, -0.2) is 29.6 Å². The summed E-state index contributed by atoms with van der Waals surface area (Å²) in [5, 5.41) is 4.86. The van der Waals surface area contributed by atoms with E-state index < -0.39 is 0 Å². The van der Waals surface area contributed by atoms with Gasteiger partial charge in [-0.15, -0.1) is 11.6 Å². The molecule has 3 rings (SSSR count). The van der Waals surface area contributed by atoms with E-state index in [9.17, 15) is 0 Å². The number of benzene rings is 1. The largest absolute Gasteiger partial charge is 0.381 e. The van der Waals surface area contributed by atoms with Gasteiger partial charge in [0.1, 0.15) is 0 Å². The van der Waals surface area contributed by atoms with Crippen molar-refractivity contribution in [3.05, 3.63) is 42.1 Å². The van der Waals surface area contributed by atoms with E-state index in [2.05, 4.69) is 28.5 Å². The zero-order chi connectivity index (χ0) is 13.8. The molecule has 0 radical (unpaired) electrons. The third kappa shape index (κ3) is 2.80. The van der Waals surface area contributed by atoms with Crippen LogP contribution >= 0.6 is 11.6 Å². The molecule has 0 spiro atoms. The van der Waals surface area contributed by atoms with Gasteiger partial charge in [0.25, 0.3) is 0 Å². The summed E-state index contributed by atoms with van der Waals surface area (Å²) in [6.45, 7) is 2.39. The van der Waals surface area contributed by atoms with Crippen molar-refractivity contribution in [2.24, 2.45) is 0 Å². The van der Waals surface area contributed by atoms with E-state index in [4.69, 9.17) is 16.3 Å². The van der Waals surface area contributed by atoms with E-state index >= 15 is 0 Å². The van der Waals surface area contributed by atoms with E-state index in [1.165, 1.54) is 10.9 Å². The Labute approximate surface area is 124 Å². The van der Waals surface area contributed by atoms with Gasteiger partial charge in [0.15, 0.2) is 0 Å². The number of nitrogens with one attached hydrogen (secondary N) is 1. The Morgan fingerprint density at radius 2 is 2.00 bits per heavy atom. The van der Waals surface area contributed by atoms with Gasteiger partial charge in [-0.05, 0) is 30.5 Å². The van der Waals surface area contributed by atoms with Crippen LogP contribution in [-0.2, 0) is 11.3 Å². The lowest BCUT2D eigenvalue weighted by Gasteiger charge is -2.36. The average molecular weight is 291 g/mol. The van der Waals surface area contributed by atoms with Crippen molar-refractivity contribution in [2.75, 3.05) is 19.1 Å². The fourth-order valence-electron chi connectivity index (χ4n) is 2.71. The van der Waals surface area contributed by atoms with Crippen molar-refractivity contribution in [2.45, 2.75) is 24.9 Å². The summed E-state index contributed by atoms with van der Waals surface area (Å²) in [5.74, 6) is 0.624. The van der Waals surface area contributed by atoms with Crippen LogP contribution in [0.5, 0.6) is 0 Å². The Hall–Kier alpha value is -1.16. The second kappa shape index (κ2) is 6.08. The number of fused-ring (bicyclic) bond motifs is 1. The van der Waals surface area contributed by atoms with Crippen molar-refractivity contribution in [1.29, 1.82) is 0 Å². The van der Waals surface area contributed by atoms with Gasteiger partial charge in [-0.1, -0.05) is 18.2 Å². The topological polar surface area (TPSA) is 34.2 Å². The van der Waals surface area contributed by atoms with Crippen LogP contribution in [0.25, 0.3) is 10.9 Å². The van der Waals surface area contributed by atoms with Crippen molar-refractivity contribution in [3.8, 4) is 0 Å². The van der Waals surface area contributed by atoms with Gasteiger partial charge in [-0.2, -0.15) is 0 Å². The summed E-state index contributed by atoms with van der Waals surface area (Å²) in [6.07, 6.45) is 3.82. The smallest absolute Gasteiger partial charge is 0.0705 e. The average Bonchev–Trinajstić information content (AvgIpc) is 2.54. The predicted octanol–water partition coefficient (Wildman–Crippen LogP) is 3.11. The van der Waals surface area contributed by atoms with E-state index in [1.807, 2.05) is 18.3 Å². The molecule has 1 aliphatic heterocycles. The van der Waals surface area contributed by atoms with Crippen molar-refractivity contribution in [1.82, 2.24) is 10.3 Å². The van der Waals surface area contributed by atoms with Gasteiger partial charge in [-0.3, -0.25) is 4.98 Å². The lowest BCUT2D eigenvalue weighted by Crippen LogP contribution is -2.50. The zero-order valence-corrected chi connectivity index (χ0v) is 12.2. The maximum absolute atomic E-state index is 6.19. The molecule has 1 fully saturated rings. The summed E-state index contributed by atoms with van der Waals surface area (Å²) in [4.78, 5) is 4.40. The van der Waals surface area contributed by atoms with Gasteiger partial charge in [0.05, 0.1) is 5.52 Å². The third-order valence-corrected chi connectivity index (χ3v) is 4.61. The van der Waals surface area contributed by atoms with Crippen LogP contribution in [0.15, 0.2) is 36.5 Å². The van der Waals surface area contributed by atoms with Crippen LogP contribution in [0.1, 0.15) is 18.4 Å². The second-order valence-electron chi connectivity index (χ2n) is 5.37. The summed E-state index contributed by atoms with van der Waals surface area (Å²) < 4.78 is 5.44. The number of hydrogen-bond acceptors (Lipinski definition) is 3. The number of hydrogen-bond donors (Lipinski definition) is 1. The molecule has 1 aromatic heterocycles. The number of alkyl halides is 1. The van der Waals surface area contributed by atoms with Gasteiger partial charge >= 0.3 is 0 Å². The number of ether oxygens (including phenoxy) is 1. The van der Waals surface area contributed by atoms with Gasteiger partial charge in [-0.25, -0.2) is 0 Å². The highest BCUT2D eigenvalue weighted by atomic mass is 35.5. The van der Waals surface area contributed by atoms with E-state index in [0.29, 0.717) is 5.88 Å². The number of nitrogens with zero attached hydrogens (tertiary/aromatic N) is 1. The molecule has 0 atom stereocenters. The molecule has 2 aromatic rings. The highest BCUT2D eigenvalue weighted by molar-refractivity contribution is 6.18. The number of rotatable bonds is 4. The van der Waals surface area contributed by atoms with Crippen molar-refractivity contribution >= 4 is 22.5 Å². The standard InChI is InChI=1S/C16H19ClN2O/c17-12-16(6-9-20-10-7-16)19-11-13-5-8-18-15-4-2-1-3-14(13)15/h1-5,8,19H,6-7,9-12H2. The first-order valence-corrected chi connectivity index (χ1v) is 7.58. The highest BCUT2D eigenvalue weighted by Gasteiger charge is 2.31. The second-order valence-corrected chi connectivity index (χ2v) is 5.63. The molecule has 2 heterocycles. The van der Waals surface area contributed by atoms with Gasteiger partial charge in [0, 0.05) is 42.8 Å².